The van der Waals surface area contributed by atoms with E-state index in [4.69, 9.17) is 9.47 Å². The van der Waals surface area contributed by atoms with Crippen molar-refractivity contribution in [1.82, 2.24) is 19.2 Å². The number of piperidine rings is 1. The Morgan fingerprint density at radius 3 is 2.66 bits per heavy atom. The minimum Gasteiger partial charge on any atom is -0.486 e. The van der Waals surface area contributed by atoms with E-state index in [0.29, 0.717) is 54.9 Å². The van der Waals surface area contributed by atoms with Crippen LogP contribution in [-0.2, 0) is 10.0 Å². The first-order chi connectivity index (χ1) is 13.9. The fraction of sp³-hybridized carbons (Fsp3) is 0.500. The number of aryl methyl sites for hydroxylation is 1. The summed E-state index contributed by atoms with van der Waals surface area (Å²) in [5.41, 5.74) is 0.648. The van der Waals surface area contributed by atoms with Crippen molar-refractivity contribution in [3.8, 4) is 11.5 Å². The molecule has 0 atom stereocenters. The van der Waals surface area contributed by atoms with Gasteiger partial charge in [-0.05, 0) is 49.3 Å². The zero-order valence-electron chi connectivity index (χ0n) is 16.0. The molecule has 0 bridgehead atoms. The van der Waals surface area contributed by atoms with Crippen molar-refractivity contribution in [3.63, 3.8) is 0 Å². The second-order valence-corrected chi connectivity index (χ2v) is 9.60. The number of nitrogens with zero attached hydrogens (tertiary/aromatic N) is 3. The summed E-state index contributed by atoms with van der Waals surface area (Å²) in [6, 6.07) is 4.62. The Morgan fingerprint density at radius 2 is 1.97 bits per heavy atom. The Kier molecular flexibility index (Phi) is 5.70. The van der Waals surface area contributed by atoms with Crippen LogP contribution in [0.25, 0.3) is 0 Å². The molecule has 3 heterocycles. The van der Waals surface area contributed by atoms with Crippen LogP contribution in [0.4, 0.5) is 0 Å². The lowest BCUT2D eigenvalue weighted by molar-refractivity contribution is 0.0696. The average Bonchev–Trinajstić information content (AvgIpc) is 3.17. The highest BCUT2D eigenvalue weighted by molar-refractivity contribution is 7.89. The molecule has 29 heavy (non-hydrogen) atoms. The zero-order chi connectivity index (χ0) is 20.4. The summed E-state index contributed by atoms with van der Waals surface area (Å²) in [5, 5.41) is 3.89. The van der Waals surface area contributed by atoms with Crippen LogP contribution in [0, 0.1) is 12.8 Å². The molecule has 11 heteroatoms. The van der Waals surface area contributed by atoms with Crippen LogP contribution < -0.4 is 14.2 Å². The van der Waals surface area contributed by atoms with Crippen LogP contribution in [0.1, 0.15) is 28.2 Å². The molecule has 2 aliphatic heterocycles. The molecule has 4 rings (SSSR count). The summed E-state index contributed by atoms with van der Waals surface area (Å²) < 4.78 is 42.7. The fourth-order valence-corrected chi connectivity index (χ4v) is 5.17. The van der Waals surface area contributed by atoms with Crippen molar-refractivity contribution in [1.29, 1.82) is 0 Å². The number of aromatic nitrogens is 2. The molecule has 9 nitrogen and oxygen atoms in total. The van der Waals surface area contributed by atoms with Crippen LogP contribution in [0.2, 0.25) is 0 Å². The first kappa shape index (κ1) is 20.0. The molecule has 0 radical (unpaired) electrons. The number of fused-ring (bicyclic) bond motifs is 1. The number of hydrogen-bond acceptors (Lipinski definition) is 8. The summed E-state index contributed by atoms with van der Waals surface area (Å²) in [4.78, 5) is 15.0. The number of sulfonamides is 1. The largest absolute Gasteiger partial charge is 0.486 e. The van der Waals surface area contributed by atoms with Crippen molar-refractivity contribution in [3.05, 3.63) is 28.8 Å². The SMILES string of the molecule is Cc1nnsc1C(=O)N1CCC(CNS(=O)(=O)c2ccc3c(c2)OCCO3)CC1. The second kappa shape index (κ2) is 8.25. The highest BCUT2D eigenvalue weighted by Gasteiger charge is 2.27. The Hall–Kier alpha value is -2.24. The number of carbonyl (C=O) groups is 1. The standard InChI is InChI=1S/C18H22N4O5S2/c1-12-17(28-21-20-12)18(23)22-6-4-13(5-7-22)11-19-29(24,25)14-2-3-15-16(10-14)27-9-8-26-15/h2-3,10,13,19H,4-9,11H2,1H3. The van der Waals surface area contributed by atoms with Gasteiger partial charge in [0.2, 0.25) is 10.0 Å². The van der Waals surface area contributed by atoms with Gasteiger partial charge in [0.1, 0.15) is 18.1 Å². The van der Waals surface area contributed by atoms with Gasteiger partial charge < -0.3 is 14.4 Å². The van der Waals surface area contributed by atoms with Gasteiger partial charge in [0.25, 0.3) is 5.91 Å². The van der Waals surface area contributed by atoms with Gasteiger partial charge >= 0.3 is 0 Å². The van der Waals surface area contributed by atoms with Crippen LogP contribution in [0.5, 0.6) is 11.5 Å². The molecule has 1 saturated heterocycles. The molecular formula is C18H22N4O5S2. The third kappa shape index (κ3) is 4.36. The van der Waals surface area contributed by atoms with Crippen LogP contribution in [0.3, 0.4) is 0 Å². The maximum atomic E-state index is 12.6. The number of likely N-dealkylation sites (tertiary alicyclic amines) is 1. The van der Waals surface area contributed by atoms with E-state index in [1.54, 1.807) is 17.9 Å². The minimum absolute atomic E-state index is 0.0483. The number of carbonyl (C=O) groups excluding carboxylic acids is 1. The summed E-state index contributed by atoms with van der Waals surface area (Å²) >= 11 is 1.11. The van der Waals surface area contributed by atoms with Gasteiger partial charge in [-0.1, -0.05) is 4.49 Å². The predicted molar refractivity (Wildman–Crippen MR) is 106 cm³/mol. The molecule has 0 unspecified atom stereocenters. The Labute approximate surface area is 173 Å². The molecule has 0 spiro atoms. The van der Waals surface area contributed by atoms with E-state index in [0.717, 1.165) is 24.4 Å². The lowest BCUT2D eigenvalue weighted by atomic mass is 9.97. The lowest BCUT2D eigenvalue weighted by Crippen LogP contribution is -2.41. The molecule has 1 N–H and O–H groups in total. The molecule has 1 amide bonds. The van der Waals surface area contributed by atoms with E-state index < -0.39 is 10.0 Å². The van der Waals surface area contributed by atoms with Crippen molar-refractivity contribution >= 4 is 27.5 Å². The smallest absolute Gasteiger partial charge is 0.267 e. The third-order valence-electron chi connectivity index (χ3n) is 5.13. The molecule has 1 fully saturated rings. The third-order valence-corrected chi connectivity index (χ3v) is 7.37. The van der Waals surface area contributed by atoms with Crippen molar-refractivity contribution in [2.75, 3.05) is 32.8 Å². The van der Waals surface area contributed by atoms with E-state index in [2.05, 4.69) is 14.3 Å². The van der Waals surface area contributed by atoms with Gasteiger partial charge in [0.15, 0.2) is 11.5 Å². The zero-order valence-corrected chi connectivity index (χ0v) is 17.6. The summed E-state index contributed by atoms with van der Waals surface area (Å²) in [6.07, 6.45) is 1.47. The van der Waals surface area contributed by atoms with Gasteiger partial charge in [-0.2, -0.15) is 0 Å². The highest BCUT2D eigenvalue weighted by atomic mass is 32.2. The van der Waals surface area contributed by atoms with E-state index >= 15 is 0 Å². The van der Waals surface area contributed by atoms with E-state index in [1.807, 2.05) is 0 Å². The Balaban J connectivity index is 1.32. The van der Waals surface area contributed by atoms with Gasteiger partial charge in [0, 0.05) is 25.7 Å². The van der Waals surface area contributed by atoms with Gasteiger partial charge in [-0.3, -0.25) is 4.79 Å². The van der Waals surface area contributed by atoms with Gasteiger partial charge in [0.05, 0.1) is 10.6 Å². The lowest BCUT2D eigenvalue weighted by Gasteiger charge is -2.31. The summed E-state index contributed by atoms with van der Waals surface area (Å²) in [5.74, 6) is 1.12. The van der Waals surface area contributed by atoms with Crippen LogP contribution in [0.15, 0.2) is 23.1 Å². The van der Waals surface area contributed by atoms with Crippen molar-refractivity contribution in [2.45, 2.75) is 24.7 Å². The monoisotopic (exact) mass is 438 g/mol. The van der Waals surface area contributed by atoms with Crippen molar-refractivity contribution < 1.29 is 22.7 Å². The number of ether oxygens (including phenoxy) is 2. The van der Waals surface area contributed by atoms with E-state index in [9.17, 15) is 13.2 Å². The molecule has 2 aliphatic rings. The van der Waals surface area contributed by atoms with Crippen molar-refractivity contribution in [2.24, 2.45) is 5.92 Å². The van der Waals surface area contributed by atoms with Gasteiger partial charge in [-0.15, -0.1) is 5.10 Å². The van der Waals surface area contributed by atoms with Gasteiger partial charge in [-0.25, -0.2) is 13.1 Å². The first-order valence-corrected chi connectivity index (χ1v) is 11.7. The molecule has 0 aliphatic carbocycles. The van der Waals surface area contributed by atoms with Crippen LogP contribution in [-0.4, -0.2) is 61.7 Å². The molecule has 1 aromatic carbocycles. The normalized spacial score (nSPS) is 17.3. The molecule has 1 aromatic heterocycles. The summed E-state index contributed by atoms with van der Waals surface area (Å²) in [6.45, 7) is 4.14. The molecule has 2 aromatic rings. The number of benzene rings is 1. The number of hydrogen-bond donors (Lipinski definition) is 1. The maximum Gasteiger partial charge on any atom is 0.267 e. The summed E-state index contributed by atoms with van der Waals surface area (Å²) in [7, 11) is -3.65. The average molecular weight is 439 g/mol. The number of nitrogens with one attached hydrogen (secondary N) is 1. The minimum atomic E-state index is -3.65. The Morgan fingerprint density at radius 1 is 1.24 bits per heavy atom. The molecule has 0 saturated carbocycles. The topological polar surface area (TPSA) is 111 Å². The Bertz CT molecular complexity index is 999. The fourth-order valence-electron chi connectivity index (χ4n) is 3.41. The number of rotatable bonds is 5. The molecular weight excluding hydrogens is 416 g/mol. The highest BCUT2D eigenvalue weighted by Crippen LogP contribution is 2.32. The quantitative estimate of drug-likeness (QED) is 0.752. The van der Waals surface area contributed by atoms with Crippen LogP contribution >= 0.6 is 11.5 Å². The van der Waals surface area contributed by atoms with E-state index in [-0.39, 0.29) is 16.7 Å². The molecule has 156 valence electrons. The maximum absolute atomic E-state index is 12.6. The predicted octanol–water partition coefficient (Wildman–Crippen LogP) is 1.45. The van der Waals surface area contributed by atoms with E-state index in [1.165, 1.54) is 12.1 Å². The first-order valence-electron chi connectivity index (χ1n) is 9.41. The number of amides is 1. The second-order valence-electron chi connectivity index (χ2n) is 7.08.